The van der Waals surface area contributed by atoms with Crippen LogP contribution in [0.1, 0.15) is 31.9 Å². The van der Waals surface area contributed by atoms with Gasteiger partial charge in [-0.1, -0.05) is 13.8 Å². The molecule has 0 aliphatic carbocycles. The Morgan fingerprint density at radius 2 is 2.13 bits per heavy atom. The van der Waals surface area contributed by atoms with E-state index in [9.17, 15) is 4.79 Å². The molecule has 1 heterocycles. The monoisotopic (exact) mass is 211 g/mol. The first-order chi connectivity index (χ1) is 7.00. The number of hydrogen-bond acceptors (Lipinski definition) is 3. The lowest BCUT2D eigenvalue weighted by Crippen LogP contribution is -2.11. The van der Waals surface area contributed by atoms with Crippen LogP contribution in [0.3, 0.4) is 0 Å². The van der Waals surface area contributed by atoms with Crippen LogP contribution in [0.2, 0.25) is 0 Å². The molecule has 5 heteroatoms. The Balaban J connectivity index is 2.75. The molecule has 5 nitrogen and oxygen atoms in total. The lowest BCUT2D eigenvalue weighted by molar-refractivity contribution is -0.137. The number of aryl methyl sites for hydroxylation is 1. The Bertz CT molecular complexity index is 344. The van der Waals surface area contributed by atoms with Crippen molar-refractivity contribution in [1.29, 1.82) is 0 Å². The number of carboxylic acids is 1. The molecule has 0 spiro atoms. The summed E-state index contributed by atoms with van der Waals surface area (Å²) in [6.07, 6.45) is 0.949. The van der Waals surface area contributed by atoms with E-state index in [-0.39, 0.29) is 6.42 Å². The molecule has 0 atom stereocenters. The first-order valence-electron chi connectivity index (χ1n) is 5.11. The number of aliphatic carboxylic acids is 1. The molecule has 1 N–H and O–H groups in total. The molecule has 1 aromatic rings. The summed E-state index contributed by atoms with van der Waals surface area (Å²) in [7, 11) is 0. The number of carbonyl (C=O) groups is 1. The van der Waals surface area contributed by atoms with Crippen molar-refractivity contribution in [3.8, 4) is 0 Å². The summed E-state index contributed by atoms with van der Waals surface area (Å²) in [6, 6.07) is 0. The van der Waals surface area contributed by atoms with Gasteiger partial charge in [0.1, 0.15) is 11.6 Å². The highest BCUT2D eigenvalue weighted by Gasteiger charge is 2.11. The molecule has 1 aromatic heterocycles. The maximum absolute atomic E-state index is 10.5. The van der Waals surface area contributed by atoms with Gasteiger partial charge in [0.15, 0.2) is 0 Å². The second-order valence-corrected chi connectivity index (χ2v) is 4.06. The SMILES string of the molecule is Cc1nnc(CC(C)C)n1CCC(=O)O. The Labute approximate surface area is 89.1 Å². The molecule has 0 aliphatic rings. The Hall–Kier alpha value is -1.39. The number of carboxylic acid groups (broad SMARTS) is 1. The number of aromatic nitrogens is 3. The molecule has 1 rings (SSSR count). The summed E-state index contributed by atoms with van der Waals surface area (Å²) in [5.74, 6) is 1.37. The van der Waals surface area contributed by atoms with Gasteiger partial charge in [-0.2, -0.15) is 0 Å². The highest BCUT2D eigenvalue weighted by atomic mass is 16.4. The molecule has 84 valence electrons. The molecule has 0 bridgehead atoms. The van der Waals surface area contributed by atoms with E-state index < -0.39 is 5.97 Å². The van der Waals surface area contributed by atoms with Gasteiger partial charge in [0.25, 0.3) is 0 Å². The zero-order chi connectivity index (χ0) is 11.4. The maximum Gasteiger partial charge on any atom is 0.305 e. The maximum atomic E-state index is 10.5. The van der Waals surface area contributed by atoms with Gasteiger partial charge in [0.05, 0.1) is 6.42 Å². The Kier molecular flexibility index (Phi) is 3.82. The third-order valence-corrected chi connectivity index (χ3v) is 2.15. The van der Waals surface area contributed by atoms with Gasteiger partial charge in [-0.25, -0.2) is 0 Å². The topological polar surface area (TPSA) is 68.0 Å². The summed E-state index contributed by atoms with van der Waals surface area (Å²) in [5, 5.41) is 16.6. The fourth-order valence-electron chi connectivity index (χ4n) is 1.44. The largest absolute Gasteiger partial charge is 0.481 e. The molecule has 15 heavy (non-hydrogen) atoms. The van der Waals surface area contributed by atoms with Crippen molar-refractivity contribution < 1.29 is 9.90 Å². The molecule has 0 aliphatic heterocycles. The lowest BCUT2D eigenvalue weighted by atomic mass is 10.1. The molecule has 0 unspecified atom stereocenters. The van der Waals surface area contributed by atoms with Gasteiger partial charge >= 0.3 is 5.97 Å². The van der Waals surface area contributed by atoms with Crippen molar-refractivity contribution in [2.24, 2.45) is 5.92 Å². The lowest BCUT2D eigenvalue weighted by Gasteiger charge is -2.08. The van der Waals surface area contributed by atoms with Crippen LogP contribution in [0.15, 0.2) is 0 Å². The second-order valence-electron chi connectivity index (χ2n) is 4.06. The van der Waals surface area contributed by atoms with Crippen LogP contribution in [-0.2, 0) is 17.8 Å². The zero-order valence-corrected chi connectivity index (χ0v) is 9.40. The van der Waals surface area contributed by atoms with Crippen LogP contribution in [0.4, 0.5) is 0 Å². The molecular weight excluding hydrogens is 194 g/mol. The Morgan fingerprint density at radius 3 is 2.67 bits per heavy atom. The van der Waals surface area contributed by atoms with E-state index in [2.05, 4.69) is 24.0 Å². The van der Waals surface area contributed by atoms with Crippen molar-refractivity contribution in [3.05, 3.63) is 11.6 Å². The smallest absolute Gasteiger partial charge is 0.305 e. The molecule has 0 saturated heterocycles. The first kappa shape index (κ1) is 11.7. The fraction of sp³-hybridized carbons (Fsp3) is 0.700. The summed E-state index contributed by atoms with van der Waals surface area (Å²) >= 11 is 0. The predicted octanol–water partition coefficient (Wildman–Crippen LogP) is 1.26. The molecule has 0 saturated carbocycles. The zero-order valence-electron chi connectivity index (χ0n) is 9.40. The fourth-order valence-corrected chi connectivity index (χ4v) is 1.44. The molecule has 0 fully saturated rings. The summed E-state index contributed by atoms with van der Waals surface area (Å²) in [6.45, 7) is 6.51. The van der Waals surface area contributed by atoms with Crippen molar-refractivity contribution in [1.82, 2.24) is 14.8 Å². The van der Waals surface area contributed by atoms with Crippen molar-refractivity contribution in [2.45, 2.75) is 40.2 Å². The van der Waals surface area contributed by atoms with Crippen LogP contribution in [-0.4, -0.2) is 25.8 Å². The van der Waals surface area contributed by atoms with Crippen LogP contribution in [0.25, 0.3) is 0 Å². The minimum Gasteiger partial charge on any atom is -0.481 e. The van der Waals surface area contributed by atoms with E-state index in [0.29, 0.717) is 12.5 Å². The average molecular weight is 211 g/mol. The minimum absolute atomic E-state index is 0.115. The highest BCUT2D eigenvalue weighted by molar-refractivity contribution is 5.66. The third-order valence-electron chi connectivity index (χ3n) is 2.15. The van der Waals surface area contributed by atoms with Gasteiger partial charge in [0, 0.05) is 13.0 Å². The van der Waals surface area contributed by atoms with Gasteiger partial charge in [-0.05, 0) is 12.8 Å². The van der Waals surface area contributed by atoms with Crippen LogP contribution in [0.5, 0.6) is 0 Å². The average Bonchev–Trinajstić information content (AvgIpc) is 2.43. The number of rotatable bonds is 5. The standard InChI is InChI=1S/C10H17N3O2/c1-7(2)6-9-12-11-8(3)13(9)5-4-10(14)15/h7H,4-6H2,1-3H3,(H,14,15). The van der Waals surface area contributed by atoms with Crippen molar-refractivity contribution in [3.63, 3.8) is 0 Å². The van der Waals surface area contributed by atoms with E-state index in [0.717, 1.165) is 18.1 Å². The summed E-state index contributed by atoms with van der Waals surface area (Å²) in [4.78, 5) is 10.5. The highest BCUT2D eigenvalue weighted by Crippen LogP contribution is 2.08. The normalized spacial score (nSPS) is 10.9. The number of nitrogens with zero attached hydrogens (tertiary/aromatic N) is 3. The van der Waals surface area contributed by atoms with Gasteiger partial charge in [-0.3, -0.25) is 4.79 Å². The van der Waals surface area contributed by atoms with E-state index in [4.69, 9.17) is 5.11 Å². The van der Waals surface area contributed by atoms with E-state index in [1.165, 1.54) is 0 Å². The quantitative estimate of drug-likeness (QED) is 0.796. The van der Waals surface area contributed by atoms with Crippen LogP contribution >= 0.6 is 0 Å². The number of hydrogen-bond donors (Lipinski definition) is 1. The summed E-state index contributed by atoms with van der Waals surface area (Å²) < 4.78 is 1.88. The summed E-state index contributed by atoms with van der Waals surface area (Å²) in [5.41, 5.74) is 0. The van der Waals surface area contributed by atoms with Crippen LogP contribution < -0.4 is 0 Å². The van der Waals surface area contributed by atoms with Gasteiger partial charge in [-0.15, -0.1) is 10.2 Å². The molecule has 0 radical (unpaired) electrons. The van der Waals surface area contributed by atoms with Gasteiger partial charge < -0.3 is 9.67 Å². The molecular formula is C10H17N3O2. The van der Waals surface area contributed by atoms with Crippen LogP contribution in [0, 0.1) is 12.8 Å². The third kappa shape index (κ3) is 3.34. The van der Waals surface area contributed by atoms with Gasteiger partial charge in [0.2, 0.25) is 0 Å². The van der Waals surface area contributed by atoms with Crippen molar-refractivity contribution in [2.75, 3.05) is 0 Å². The van der Waals surface area contributed by atoms with Crippen molar-refractivity contribution >= 4 is 5.97 Å². The minimum atomic E-state index is -0.793. The Morgan fingerprint density at radius 1 is 1.47 bits per heavy atom. The molecule has 0 aromatic carbocycles. The second kappa shape index (κ2) is 4.91. The van der Waals surface area contributed by atoms with E-state index in [1.807, 2.05) is 11.5 Å². The predicted molar refractivity (Wildman–Crippen MR) is 55.6 cm³/mol. The van der Waals surface area contributed by atoms with E-state index in [1.54, 1.807) is 0 Å². The first-order valence-corrected chi connectivity index (χ1v) is 5.11. The molecule has 0 amide bonds. The van der Waals surface area contributed by atoms with E-state index >= 15 is 0 Å².